The zero-order chi connectivity index (χ0) is 11.3. The number of carbonyl (C=O) groups excluding carboxylic acids is 1. The maximum Gasteiger partial charge on any atom is 0.141 e. The number of hydrogen-bond donors (Lipinski definition) is 1. The highest BCUT2D eigenvalue weighted by molar-refractivity contribution is 5.64. The molecule has 82 valence electrons. The Morgan fingerprint density at radius 3 is 2.53 bits per heavy atom. The number of fused-ring (bicyclic) bond motifs is 1. The third-order valence-corrected chi connectivity index (χ3v) is 2.04. The van der Waals surface area contributed by atoms with Gasteiger partial charge in [0.1, 0.15) is 6.29 Å². The van der Waals surface area contributed by atoms with E-state index in [-0.39, 0.29) is 6.04 Å². The van der Waals surface area contributed by atoms with Crippen molar-refractivity contribution >= 4 is 6.29 Å². The summed E-state index contributed by atoms with van der Waals surface area (Å²) in [6, 6.07) is 7.92. The molecular weight excluding hydrogens is 188 g/mol. The van der Waals surface area contributed by atoms with Gasteiger partial charge in [0.25, 0.3) is 0 Å². The maximum absolute atomic E-state index is 10.5. The minimum atomic E-state index is -0.0776. The normalized spacial score (nSPS) is 18.0. The smallest absolute Gasteiger partial charge is 0.141 e. The quantitative estimate of drug-likeness (QED) is 0.701. The van der Waals surface area contributed by atoms with Crippen molar-refractivity contribution in [3.63, 3.8) is 0 Å². The fourth-order valence-electron chi connectivity index (χ4n) is 1.45. The second kappa shape index (κ2) is 5.63. The lowest BCUT2D eigenvalue weighted by Gasteiger charge is -2.00. The molecule has 2 rings (SSSR count). The van der Waals surface area contributed by atoms with Crippen molar-refractivity contribution in [1.29, 1.82) is 0 Å². The highest BCUT2D eigenvalue weighted by atomic mass is 16.1. The lowest BCUT2D eigenvalue weighted by molar-refractivity contribution is -0.109. The van der Waals surface area contributed by atoms with E-state index in [4.69, 9.17) is 0 Å². The highest BCUT2D eigenvalue weighted by Gasteiger charge is 2.19. The average Bonchev–Trinajstić information content (AvgIpc) is 2.59. The summed E-state index contributed by atoms with van der Waals surface area (Å²) >= 11 is 0. The van der Waals surface area contributed by atoms with Crippen LogP contribution in [0.4, 0.5) is 0 Å². The Kier molecular flexibility index (Phi) is 4.46. The third kappa shape index (κ3) is 3.46. The number of carbonyl (C=O) groups is 1. The molecule has 0 fully saturated rings. The fraction of sp³-hybridized carbons (Fsp3) is 0.417. The lowest BCUT2D eigenvalue weighted by atomic mass is 10.1. The summed E-state index contributed by atoms with van der Waals surface area (Å²) in [5, 5.41) is 3.10. The van der Waals surface area contributed by atoms with Gasteiger partial charge in [-0.15, -0.1) is 0 Å². The van der Waals surface area contributed by atoms with Crippen LogP contribution < -0.4 is 5.32 Å². The molecule has 1 unspecified atom stereocenters. The molecule has 0 spiro atoms. The first-order valence-electron chi connectivity index (χ1n) is 5.02. The highest BCUT2D eigenvalue weighted by Crippen LogP contribution is 2.22. The molecule has 0 aromatic heterocycles. The van der Waals surface area contributed by atoms with Gasteiger partial charge in [-0.05, 0) is 32.3 Å². The summed E-state index contributed by atoms with van der Waals surface area (Å²) < 4.78 is 0. The van der Waals surface area contributed by atoms with E-state index in [0.717, 1.165) is 18.4 Å². The van der Waals surface area contributed by atoms with Crippen LogP contribution in [0, 0.1) is 0 Å². The summed E-state index contributed by atoms with van der Waals surface area (Å²) in [7, 11) is 6.00. The number of nitrogens with zero attached hydrogens (tertiary/aromatic N) is 1. The van der Waals surface area contributed by atoms with Crippen molar-refractivity contribution in [2.24, 2.45) is 0 Å². The number of benzene rings is 1. The molecule has 15 heavy (non-hydrogen) atoms. The van der Waals surface area contributed by atoms with Crippen molar-refractivity contribution in [3.05, 3.63) is 35.4 Å². The molecule has 1 atom stereocenters. The number of nitrogens with one attached hydrogen (secondary N) is 1. The summed E-state index contributed by atoms with van der Waals surface area (Å²) in [6.45, 7) is 0.819. The van der Waals surface area contributed by atoms with Gasteiger partial charge in [0, 0.05) is 6.54 Å². The van der Waals surface area contributed by atoms with Crippen molar-refractivity contribution in [1.82, 2.24) is 10.2 Å². The Morgan fingerprint density at radius 2 is 1.93 bits per heavy atom. The van der Waals surface area contributed by atoms with Crippen LogP contribution in [-0.2, 0) is 11.3 Å². The molecule has 1 aliphatic heterocycles. The Hall–Kier alpha value is -1.19. The Bertz CT molecular complexity index is 320. The van der Waals surface area contributed by atoms with E-state index in [1.54, 1.807) is 0 Å². The molecule has 0 bridgehead atoms. The van der Waals surface area contributed by atoms with Crippen LogP contribution in [0.1, 0.15) is 17.2 Å². The minimum Gasteiger partial charge on any atom is -0.312 e. The second-order valence-corrected chi connectivity index (χ2v) is 4.04. The van der Waals surface area contributed by atoms with Crippen LogP contribution in [0.2, 0.25) is 0 Å². The van der Waals surface area contributed by atoms with Gasteiger partial charge in [-0.3, -0.25) is 5.32 Å². The molecule has 0 saturated carbocycles. The van der Waals surface area contributed by atoms with Gasteiger partial charge in [0.05, 0.1) is 6.04 Å². The molecule has 0 saturated heterocycles. The Labute approximate surface area is 91.1 Å². The van der Waals surface area contributed by atoms with Gasteiger partial charge in [0.2, 0.25) is 0 Å². The van der Waals surface area contributed by atoms with Gasteiger partial charge in [0.15, 0.2) is 0 Å². The second-order valence-electron chi connectivity index (χ2n) is 4.04. The van der Waals surface area contributed by atoms with Crippen LogP contribution in [0.15, 0.2) is 24.3 Å². The predicted molar refractivity (Wildman–Crippen MR) is 61.7 cm³/mol. The first kappa shape index (κ1) is 11.9. The van der Waals surface area contributed by atoms with Crippen LogP contribution >= 0.6 is 0 Å². The van der Waals surface area contributed by atoms with Crippen LogP contribution in [-0.4, -0.2) is 32.3 Å². The monoisotopic (exact) mass is 206 g/mol. The first-order chi connectivity index (χ1) is 7.15. The summed E-state index contributed by atoms with van der Waals surface area (Å²) in [4.78, 5) is 12.5. The molecule has 1 N–H and O–H groups in total. The minimum absolute atomic E-state index is 0.0776. The standard InChI is InChI=1S/C9H9NO.C3H9N/c11-6-9-8-4-2-1-3-7(8)5-10-9;1-4(2)3/h1-4,6,9-10H,5H2;1-3H3. The van der Waals surface area contributed by atoms with E-state index in [2.05, 4.69) is 5.32 Å². The van der Waals surface area contributed by atoms with E-state index < -0.39 is 0 Å². The molecule has 0 amide bonds. The maximum atomic E-state index is 10.5. The van der Waals surface area contributed by atoms with E-state index in [0.29, 0.717) is 0 Å². The Morgan fingerprint density at radius 1 is 1.33 bits per heavy atom. The average molecular weight is 206 g/mol. The molecule has 1 heterocycles. The number of aldehydes is 1. The zero-order valence-electron chi connectivity index (χ0n) is 9.53. The molecule has 0 radical (unpaired) electrons. The molecule has 3 nitrogen and oxygen atoms in total. The topological polar surface area (TPSA) is 32.3 Å². The van der Waals surface area contributed by atoms with E-state index in [9.17, 15) is 4.79 Å². The summed E-state index contributed by atoms with van der Waals surface area (Å²) in [5.74, 6) is 0. The van der Waals surface area contributed by atoms with Crippen LogP contribution in [0.5, 0.6) is 0 Å². The van der Waals surface area contributed by atoms with E-state index in [1.165, 1.54) is 5.56 Å². The van der Waals surface area contributed by atoms with Crippen LogP contribution in [0.3, 0.4) is 0 Å². The van der Waals surface area contributed by atoms with Gasteiger partial charge >= 0.3 is 0 Å². The van der Waals surface area contributed by atoms with E-state index >= 15 is 0 Å². The number of rotatable bonds is 1. The van der Waals surface area contributed by atoms with Gasteiger partial charge in [-0.25, -0.2) is 0 Å². The van der Waals surface area contributed by atoms with Gasteiger partial charge in [-0.2, -0.15) is 0 Å². The Balaban J connectivity index is 0.000000245. The number of hydrogen-bond acceptors (Lipinski definition) is 3. The van der Waals surface area contributed by atoms with Gasteiger partial charge in [-0.1, -0.05) is 24.3 Å². The predicted octanol–water partition coefficient (Wildman–Crippen LogP) is 1.21. The molecule has 0 aliphatic carbocycles. The molecule has 1 aromatic rings. The van der Waals surface area contributed by atoms with Gasteiger partial charge < -0.3 is 9.69 Å². The molecule has 3 heteroatoms. The lowest BCUT2D eigenvalue weighted by Crippen LogP contribution is -2.12. The first-order valence-corrected chi connectivity index (χ1v) is 5.02. The molecular formula is C12H18N2O. The largest absolute Gasteiger partial charge is 0.312 e. The SMILES string of the molecule is CN(C)C.O=CC1NCc2ccccc21. The summed E-state index contributed by atoms with van der Waals surface area (Å²) in [5.41, 5.74) is 2.37. The summed E-state index contributed by atoms with van der Waals surface area (Å²) in [6.07, 6.45) is 0.950. The van der Waals surface area contributed by atoms with Crippen LogP contribution in [0.25, 0.3) is 0 Å². The molecule has 1 aliphatic rings. The molecule has 1 aromatic carbocycles. The third-order valence-electron chi connectivity index (χ3n) is 2.04. The zero-order valence-corrected chi connectivity index (χ0v) is 9.53. The van der Waals surface area contributed by atoms with Crippen molar-refractivity contribution in [3.8, 4) is 0 Å². The fourth-order valence-corrected chi connectivity index (χ4v) is 1.45. The van der Waals surface area contributed by atoms with Crippen molar-refractivity contribution < 1.29 is 4.79 Å². The van der Waals surface area contributed by atoms with E-state index in [1.807, 2.05) is 50.3 Å². The van der Waals surface area contributed by atoms with Crippen molar-refractivity contribution in [2.75, 3.05) is 21.1 Å². The van der Waals surface area contributed by atoms with Crippen molar-refractivity contribution in [2.45, 2.75) is 12.6 Å².